The highest BCUT2D eigenvalue weighted by Gasteiger charge is 2.21. The molecule has 1 N–H and O–H groups in total. The van der Waals surface area contributed by atoms with E-state index >= 15 is 0 Å². The van der Waals surface area contributed by atoms with Crippen LogP contribution in [0.4, 0.5) is 0 Å². The zero-order valence-corrected chi connectivity index (χ0v) is 15.3. The summed E-state index contributed by atoms with van der Waals surface area (Å²) in [5.74, 6) is -0.414. The summed E-state index contributed by atoms with van der Waals surface area (Å²) in [5, 5.41) is 10.1. The lowest BCUT2D eigenvalue weighted by Crippen LogP contribution is -3.00. The summed E-state index contributed by atoms with van der Waals surface area (Å²) in [4.78, 5) is 11.1. The van der Waals surface area contributed by atoms with Crippen molar-refractivity contribution in [3.8, 4) is 0 Å². The fraction of sp³-hybridized carbons (Fsp3) is 0.824. The van der Waals surface area contributed by atoms with Crippen molar-refractivity contribution in [3.05, 3.63) is 12.7 Å². The monoisotopic (exact) mass is 335 g/mol. The molecule has 0 saturated carbocycles. The van der Waals surface area contributed by atoms with Gasteiger partial charge in [-0.05, 0) is 6.42 Å². The van der Waals surface area contributed by atoms with Crippen LogP contribution in [-0.2, 0) is 9.53 Å². The molecule has 5 heteroatoms. The average molecular weight is 336 g/mol. The lowest BCUT2D eigenvalue weighted by atomic mass is 10.1. The fourth-order valence-corrected chi connectivity index (χ4v) is 2.35. The summed E-state index contributed by atoms with van der Waals surface area (Å²) in [7, 11) is 3.90. The second-order valence-corrected chi connectivity index (χ2v) is 6.48. The summed E-state index contributed by atoms with van der Waals surface area (Å²) in [6.07, 6.45) is 10.4. The van der Waals surface area contributed by atoms with Gasteiger partial charge in [0.25, 0.3) is 0 Å². The van der Waals surface area contributed by atoms with E-state index in [4.69, 9.17) is 4.74 Å². The Labute approximate surface area is 142 Å². The first-order valence-electron chi connectivity index (χ1n) is 8.20. The highest BCUT2D eigenvalue weighted by molar-refractivity contribution is 5.81. The Morgan fingerprint density at radius 3 is 2.27 bits per heavy atom. The minimum absolute atomic E-state index is 0. The van der Waals surface area contributed by atoms with Gasteiger partial charge in [0, 0.05) is 6.08 Å². The van der Waals surface area contributed by atoms with Crippen molar-refractivity contribution in [2.45, 2.75) is 64.4 Å². The minimum atomic E-state index is -0.414. The van der Waals surface area contributed by atoms with Crippen molar-refractivity contribution in [1.29, 1.82) is 0 Å². The molecule has 0 amide bonds. The van der Waals surface area contributed by atoms with E-state index in [0.717, 1.165) is 18.9 Å². The van der Waals surface area contributed by atoms with Gasteiger partial charge in [0.15, 0.2) is 0 Å². The number of nitrogens with zero attached hydrogens (tertiary/aromatic N) is 1. The summed E-state index contributed by atoms with van der Waals surface area (Å²) < 4.78 is 5.51. The molecule has 0 aliphatic rings. The lowest BCUT2D eigenvalue weighted by Gasteiger charge is -2.30. The van der Waals surface area contributed by atoms with Crippen LogP contribution in [0.2, 0.25) is 0 Å². The number of ether oxygens (including phenoxy) is 1. The summed E-state index contributed by atoms with van der Waals surface area (Å²) in [6.45, 7) is 6.45. The number of hydrogen-bond acceptors (Lipinski definition) is 3. The Morgan fingerprint density at radius 1 is 1.18 bits per heavy atom. The first kappa shape index (κ1) is 23.7. The number of rotatable bonds is 13. The number of halogens is 1. The highest BCUT2D eigenvalue weighted by Crippen LogP contribution is 2.11. The van der Waals surface area contributed by atoms with E-state index in [1.807, 2.05) is 14.1 Å². The number of aliphatic hydroxyl groups is 1. The third-order valence-corrected chi connectivity index (χ3v) is 3.57. The maximum atomic E-state index is 11.1. The van der Waals surface area contributed by atoms with Crippen LogP contribution in [0, 0.1) is 0 Å². The second kappa shape index (κ2) is 14.0. The van der Waals surface area contributed by atoms with E-state index in [1.165, 1.54) is 38.5 Å². The van der Waals surface area contributed by atoms with E-state index in [2.05, 4.69) is 13.5 Å². The van der Waals surface area contributed by atoms with E-state index in [9.17, 15) is 9.90 Å². The number of esters is 1. The van der Waals surface area contributed by atoms with Crippen molar-refractivity contribution in [2.24, 2.45) is 0 Å². The van der Waals surface area contributed by atoms with Crippen molar-refractivity contribution in [2.75, 3.05) is 27.4 Å². The molecule has 0 aliphatic heterocycles. The predicted molar refractivity (Wildman–Crippen MR) is 86.7 cm³/mol. The molecule has 0 saturated heterocycles. The van der Waals surface area contributed by atoms with Crippen LogP contribution in [0.1, 0.15) is 58.3 Å². The summed E-state index contributed by atoms with van der Waals surface area (Å²) in [6, 6.07) is 0. The Bertz CT molecular complexity index is 296. The number of likely N-dealkylation sites (N-methyl/N-ethyl adjacent to an activating group) is 1. The van der Waals surface area contributed by atoms with Gasteiger partial charge in [-0.15, -0.1) is 0 Å². The molecule has 0 aromatic carbocycles. The molecule has 0 rings (SSSR count). The standard InChI is InChI=1S/C17H34NO3.ClH/c1-5-7-8-9-10-11-12-13-16(19)14-18(3,4)15-21-17(20)6-2;/h6,16,19H,2,5,7-15H2,1,3-4H3;1H/q+1;/p-1. The molecule has 0 aliphatic carbocycles. The molecule has 132 valence electrons. The van der Waals surface area contributed by atoms with Crippen molar-refractivity contribution >= 4 is 5.97 Å². The molecule has 0 fully saturated rings. The zero-order valence-electron chi connectivity index (χ0n) is 14.5. The van der Waals surface area contributed by atoms with Gasteiger partial charge in [-0.3, -0.25) is 4.48 Å². The van der Waals surface area contributed by atoms with Gasteiger partial charge in [0.05, 0.1) is 14.1 Å². The van der Waals surface area contributed by atoms with Crippen LogP contribution in [0.25, 0.3) is 0 Å². The minimum Gasteiger partial charge on any atom is -1.00 e. The Hall–Kier alpha value is -0.580. The average Bonchev–Trinajstić information content (AvgIpc) is 2.43. The van der Waals surface area contributed by atoms with Crippen molar-refractivity contribution < 1.29 is 31.5 Å². The first-order valence-corrected chi connectivity index (χ1v) is 8.20. The number of hydrogen-bond donors (Lipinski definition) is 1. The molecular formula is C17H34ClNO3. The molecule has 1 unspecified atom stereocenters. The molecule has 0 bridgehead atoms. The SMILES string of the molecule is C=CC(=O)OC[N+](C)(C)CC(O)CCCCCCCCC.[Cl-]. The summed E-state index contributed by atoms with van der Waals surface area (Å²) in [5.41, 5.74) is 0. The van der Waals surface area contributed by atoms with Crippen LogP contribution in [0.3, 0.4) is 0 Å². The fourth-order valence-electron chi connectivity index (χ4n) is 2.35. The van der Waals surface area contributed by atoms with Crippen LogP contribution in [0.15, 0.2) is 12.7 Å². The third kappa shape index (κ3) is 14.4. The van der Waals surface area contributed by atoms with Gasteiger partial charge in [-0.25, -0.2) is 4.79 Å². The Balaban J connectivity index is 0. The van der Waals surface area contributed by atoms with Gasteiger partial charge in [-0.1, -0.05) is 58.4 Å². The molecule has 0 aromatic rings. The Kier molecular flexibility index (Phi) is 15.1. The number of carbonyl (C=O) groups excluding carboxylic acids is 1. The van der Waals surface area contributed by atoms with Crippen LogP contribution >= 0.6 is 0 Å². The molecular weight excluding hydrogens is 302 g/mol. The van der Waals surface area contributed by atoms with Crippen LogP contribution in [0.5, 0.6) is 0 Å². The zero-order chi connectivity index (χ0) is 16.1. The molecule has 22 heavy (non-hydrogen) atoms. The maximum Gasteiger partial charge on any atom is 0.334 e. The second-order valence-electron chi connectivity index (χ2n) is 6.48. The van der Waals surface area contributed by atoms with E-state index in [0.29, 0.717) is 11.0 Å². The van der Waals surface area contributed by atoms with Gasteiger partial charge >= 0.3 is 5.97 Å². The van der Waals surface area contributed by atoms with E-state index in [-0.39, 0.29) is 25.2 Å². The number of carbonyl (C=O) groups is 1. The van der Waals surface area contributed by atoms with E-state index in [1.54, 1.807) is 0 Å². The van der Waals surface area contributed by atoms with E-state index < -0.39 is 5.97 Å². The smallest absolute Gasteiger partial charge is 0.334 e. The highest BCUT2D eigenvalue weighted by atomic mass is 35.5. The number of aliphatic hydroxyl groups excluding tert-OH is 1. The van der Waals surface area contributed by atoms with Crippen molar-refractivity contribution in [3.63, 3.8) is 0 Å². The molecule has 1 atom stereocenters. The molecule has 0 aromatic heterocycles. The first-order chi connectivity index (χ1) is 9.91. The van der Waals surface area contributed by atoms with Gasteiger partial charge < -0.3 is 22.3 Å². The quantitative estimate of drug-likeness (QED) is 0.173. The molecule has 4 nitrogen and oxygen atoms in total. The topological polar surface area (TPSA) is 46.5 Å². The van der Waals surface area contributed by atoms with Crippen molar-refractivity contribution in [1.82, 2.24) is 0 Å². The molecule has 0 heterocycles. The number of unbranched alkanes of at least 4 members (excludes halogenated alkanes) is 6. The maximum absolute atomic E-state index is 11.1. The Morgan fingerprint density at radius 2 is 1.73 bits per heavy atom. The lowest BCUT2D eigenvalue weighted by molar-refractivity contribution is -0.910. The molecule has 0 spiro atoms. The molecule has 0 radical (unpaired) electrons. The summed E-state index contributed by atoms with van der Waals surface area (Å²) >= 11 is 0. The van der Waals surface area contributed by atoms with Crippen LogP contribution < -0.4 is 12.4 Å². The van der Waals surface area contributed by atoms with Crippen LogP contribution in [-0.4, -0.2) is 49.0 Å². The third-order valence-electron chi connectivity index (χ3n) is 3.57. The predicted octanol–water partition coefficient (Wildman–Crippen LogP) is 0.255. The van der Waals surface area contributed by atoms with Gasteiger partial charge in [0.1, 0.15) is 12.6 Å². The normalized spacial score (nSPS) is 12.4. The largest absolute Gasteiger partial charge is 1.00 e. The van der Waals surface area contributed by atoms with Gasteiger partial charge in [-0.2, -0.15) is 0 Å². The van der Waals surface area contributed by atoms with Gasteiger partial charge in [0.2, 0.25) is 6.73 Å². The number of quaternary nitrogens is 1.